The van der Waals surface area contributed by atoms with E-state index in [-0.39, 0.29) is 18.7 Å². The minimum absolute atomic E-state index is 0.203. The Morgan fingerprint density at radius 2 is 1.84 bits per heavy atom. The molecule has 2 rings (SSSR count). The van der Waals surface area contributed by atoms with Gasteiger partial charge in [0.1, 0.15) is 5.82 Å². The molecule has 1 N–H and O–H groups in total. The zero-order valence-corrected chi connectivity index (χ0v) is 15.2. The Bertz CT molecular complexity index is 882. The van der Waals surface area contributed by atoms with Gasteiger partial charge in [-0.1, -0.05) is 30.3 Å². The summed E-state index contributed by atoms with van der Waals surface area (Å²) in [4.78, 5) is 12.3. The highest BCUT2D eigenvalue weighted by Crippen LogP contribution is 2.17. The van der Waals surface area contributed by atoms with Gasteiger partial charge in [-0.15, -0.1) is 0 Å². The molecule has 7 heteroatoms. The van der Waals surface area contributed by atoms with Gasteiger partial charge in [-0.3, -0.25) is 4.79 Å². The molecule has 0 fully saturated rings. The molecule has 0 saturated carbocycles. The first-order valence-corrected chi connectivity index (χ1v) is 9.57. The molecule has 0 heterocycles. The number of aryl methyl sites for hydroxylation is 2. The summed E-state index contributed by atoms with van der Waals surface area (Å²) in [5, 5.41) is 2.72. The van der Waals surface area contributed by atoms with E-state index in [4.69, 9.17) is 0 Å². The maximum absolute atomic E-state index is 13.8. The van der Waals surface area contributed by atoms with Crippen LogP contribution in [-0.4, -0.2) is 31.4 Å². The van der Waals surface area contributed by atoms with Crippen LogP contribution in [0.4, 0.5) is 10.1 Å². The molecule has 25 heavy (non-hydrogen) atoms. The highest BCUT2D eigenvalue weighted by atomic mass is 32.2. The fraction of sp³-hybridized carbons (Fsp3) is 0.278. The zero-order valence-electron chi connectivity index (χ0n) is 14.4. The van der Waals surface area contributed by atoms with Crippen molar-refractivity contribution in [1.29, 1.82) is 0 Å². The summed E-state index contributed by atoms with van der Waals surface area (Å²) in [6, 6.07) is 11.5. The zero-order chi connectivity index (χ0) is 18.6. The fourth-order valence-electron chi connectivity index (χ4n) is 2.33. The molecule has 0 aliphatic rings. The Morgan fingerprint density at radius 1 is 1.16 bits per heavy atom. The summed E-state index contributed by atoms with van der Waals surface area (Å²) >= 11 is 0. The molecular formula is C18H21FN2O3S. The van der Waals surface area contributed by atoms with Crippen LogP contribution >= 0.6 is 0 Å². The second-order valence-corrected chi connectivity index (χ2v) is 7.97. The van der Waals surface area contributed by atoms with Crippen LogP contribution in [0.2, 0.25) is 0 Å². The second kappa shape index (κ2) is 7.76. The lowest BCUT2D eigenvalue weighted by molar-refractivity contribution is -0.116. The SMILES string of the molecule is Cc1ccc(C)c(NC(=O)CN(Cc2ccccc2F)S(C)(=O)=O)c1. The number of nitrogens with one attached hydrogen (secondary N) is 1. The molecule has 134 valence electrons. The van der Waals surface area contributed by atoms with Gasteiger partial charge in [-0.2, -0.15) is 4.31 Å². The van der Waals surface area contributed by atoms with Gasteiger partial charge in [0.05, 0.1) is 12.8 Å². The second-order valence-electron chi connectivity index (χ2n) is 5.99. The molecule has 1 amide bonds. The number of anilines is 1. The molecule has 0 aliphatic carbocycles. The van der Waals surface area contributed by atoms with E-state index < -0.39 is 21.7 Å². The Labute approximate surface area is 147 Å². The standard InChI is InChI=1S/C18H21FN2O3S/c1-13-8-9-14(2)17(10-13)20-18(22)12-21(25(3,23)24)11-15-6-4-5-7-16(15)19/h4-10H,11-12H2,1-3H3,(H,20,22). The molecule has 0 atom stereocenters. The Morgan fingerprint density at radius 3 is 2.48 bits per heavy atom. The van der Waals surface area contributed by atoms with Gasteiger partial charge >= 0.3 is 0 Å². The van der Waals surface area contributed by atoms with E-state index in [9.17, 15) is 17.6 Å². The van der Waals surface area contributed by atoms with Gasteiger partial charge < -0.3 is 5.32 Å². The van der Waals surface area contributed by atoms with Crippen LogP contribution in [0.3, 0.4) is 0 Å². The van der Waals surface area contributed by atoms with Gasteiger partial charge in [0.15, 0.2) is 0 Å². The van der Waals surface area contributed by atoms with Gasteiger partial charge in [0, 0.05) is 17.8 Å². The van der Waals surface area contributed by atoms with E-state index in [0.29, 0.717) is 5.69 Å². The third-order valence-corrected chi connectivity index (χ3v) is 4.96. The van der Waals surface area contributed by atoms with Gasteiger partial charge in [0.25, 0.3) is 0 Å². The maximum atomic E-state index is 13.8. The Hall–Kier alpha value is -2.25. The third-order valence-electron chi connectivity index (χ3n) is 3.76. The smallest absolute Gasteiger partial charge is 0.239 e. The van der Waals surface area contributed by atoms with Crippen molar-refractivity contribution in [3.63, 3.8) is 0 Å². The Kier molecular flexibility index (Phi) is 5.92. The number of nitrogens with zero attached hydrogens (tertiary/aromatic N) is 1. The average molecular weight is 364 g/mol. The van der Waals surface area contributed by atoms with Crippen LogP contribution in [0.25, 0.3) is 0 Å². The van der Waals surface area contributed by atoms with E-state index >= 15 is 0 Å². The summed E-state index contributed by atoms with van der Waals surface area (Å²) in [5.74, 6) is -0.985. The summed E-state index contributed by atoms with van der Waals surface area (Å²) < 4.78 is 38.7. The van der Waals surface area contributed by atoms with E-state index in [1.54, 1.807) is 6.07 Å². The molecule has 0 radical (unpaired) electrons. The lowest BCUT2D eigenvalue weighted by Crippen LogP contribution is -2.37. The number of carbonyl (C=O) groups excluding carboxylic acids is 1. The molecule has 0 aliphatic heterocycles. The third kappa shape index (κ3) is 5.37. The van der Waals surface area contributed by atoms with Gasteiger partial charge in [-0.05, 0) is 37.1 Å². The number of amides is 1. The van der Waals surface area contributed by atoms with Crippen molar-refractivity contribution < 1.29 is 17.6 Å². The molecule has 5 nitrogen and oxygen atoms in total. The van der Waals surface area contributed by atoms with E-state index in [0.717, 1.165) is 21.7 Å². The molecule has 0 aromatic heterocycles. The first-order valence-electron chi connectivity index (χ1n) is 7.72. The summed E-state index contributed by atoms with van der Waals surface area (Å²) in [7, 11) is -3.68. The highest BCUT2D eigenvalue weighted by molar-refractivity contribution is 7.88. The first-order chi connectivity index (χ1) is 11.7. The lowest BCUT2D eigenvalue weighted by atomic mass is 10.1. The molecule has 0 spiro atoms. The van der Waals surface area contributed by atoms with Crippen LogP contribution in [-0.2, 0) is 21.4 Å². The Balaban J connectivity index is 2.16. The maximum Gasteiger partial charge on any atom is 0.239 e. The van der Waals surface area contributed by atoms with E-state index in [2.05, 4.69) is 5.32 Å². The predicted octanol–water partition coefficient (Wildman–Crippen LogP) is 2.84. The normalized spacial score (nSPS) is 11.6. The molecular weight excluding hydrogens is 343 g/mol. The van der Waals surface area contributed by atoms with Crippen molar-refractivity contribution in [1.82, 2.24) is 4.31 Å². The van der Waals surface area contributed by atoms with Crippen molar-refractivity contribution in [2.45, 2.75) is 20.4 Å². The van der Waals surface area contributed by atoms with E-state index in [1.807, 2.05) is 32.0 Å². The molecule has 2 aromatic carbocycles. The minimum Gasteiger partial charge on any atom is -0.325 e. The summed E-state index contributed by atoms with van der Waals surface area (Å²) in [5.41, 5.74) is 2.70. The molecule has 0 bridgehead atoms. The topological polar surface area (TPSA) is 66.5 Å². The summed E-state index contributed by atoms with van der Waals surface area (Å²) in [6.07, 6.45) is 0.999. The van der Waals surface area contributed by atoms with Gasteiger partial charge in [-0.25, -0.2) is 12.8 Å². The number of hydrogen-bond acceptors (Lipinski definition) is 3. The minimum atomic E-state index is -3.68. The summed E-state index contributed by atoms with van der Waals surface area (Å²) in [6.45, 7) is 3.16. The van der Waals surface area contributed by atoms with Crippen molar-refractivity contribution in [2.24, 2.45) is 0 Å². The first kappa shape index (κ1) is 19.1. The number of carbonyl (C=O) groups is 1. The monoisotopic (exact) mass is 364 g/mol. The number of rotatable bonds is 6. The molecule has 0 saturated heterocycles. The van der Waals surface area contributed by atoms with Gasteiger partial charge in [0.2, 0.25) is 15.9 Å². The van der Waals surface area contributed by atoms with Crippen LogP contribution < -0.4 is 5.32 Å². The van der Waals surface area contributed by atoms with Crippen molar-refractivity contribution in [3.8, 4) is 0 Å². The number of halogens is 1. The number of sulfonamides is 1. The molecule has 0 unspecified atom stereocenters. The van der Waals surface area contributed by atoms with Crippen molar-refractivity contribution in [2.75, 3.05) is 18.1 Å². The predicted molar refractivity (Wildman–Crippen MR) is 96.2 cm³/mol. The lowest BCUT2D eigenvalue weighted by Gasteiger charge is -2.20. The largest absolute Gasteiger partial charge is 0.325 e. The van der Waals surface area contributed by atoms with Crippen molar-refractivity contribution >= 4 is 21.6 Å². The van der Waals surface area contributed by atoms with Crippen LogP contribution in [0.15, 0.2) is 42.5 Å². The molecule has 2 aromatic rings. The van der Waals surface area contributed by atoms with Crippen LogP contribution in [0, 0.1) is 19.7 Å². The quantitative estimate of drug-likeness (QED) is 0.857. The van der Waals surface area contributed by atoms with Crippen molar-refractivity contribution in [3.05, 3.63) is 65.0 Å². The van der Waals surface area contributed by atoms with E-state index in [1.165, 1.54) is 18.2 Å². The number of benzene rings is 2. The highest BCUT2D eigenvalue weighted by Gasteiger charge is 2.22. The average Bonchev–Trinajstić information content (AvgIpc) is 2.51. The fourth-order valence-corrected chi connectivity index (χ4v) is 3.05. The van der Waals surface area contributed by atoms with Crippen LogP contribution in [0.5, 0.6) is 0 Å². The number of hydrogen-bond donors (Lipinski definition) is 1. The van der Waals surface area contributed by atoms with Crippen LogP contribution in [0.1, 0.15) is 16.7 Å².